The van der Waals surface area contributed by atoms with Crippen LogP contribution in [0.25, 0.3) is 0 Å². The molecule has 1 N–H and O–H groups in total. The Morgan fingerprint density at radius 3 is 1.69 bits per heavy atom. The van der Waals surface area contributed by atoms with E-state index in [2.05, 4.69) is 0 Å². The first-order chi connectivity index (χ1) is 18.9. The molecular weight excluding hydrogens is 545 g/mol. The van der Waals surface area contributed by atoms with Crippen LogP contribution < -0.4 is 18.9 Å². The number of methoxy groups -OCH3 is 2. The molecule has 0 aromatic heterocycles. The Hall–Kier alpha value is -4.24. The zero-order chi connectivity index (χ0) is 28.2. The van der Waals surface area contributed by atoms with Gasteiger partial charge in [0.1, 0.15) is 17.8 Å². The molecule has 0 saturated carbocycles. The summed E-state index contributed by atoms with van der Waals surface area (Å²) in [4.78, 5) is 21.2. The van der Waals surface area contributed by atoms with E-state index in [1.807, 2.05) is 48.5 Å². The van der Waals surface area contributed by atoms with Crippen molar-refractivity contribution in [3.63, 3.8) is 0 Å². The van der Waals surface area contributed by atoms with Gasteiger partial charge in [0.15, 0.2) is 23.0 Å². The van der Waals surface area contributed by atoms with Crippen LogP contribution in [0.1, 0.15) is 15.9 Å². The van der Waals surface area contributed by atoms with Gasteiger partial charge in [-0.05, 0) is 54.1 Å². The van der Waals surface area contributed by atoms with Gasteiger partial charge in [0.05, 0.1) is 30.8 Å². The number of ether oxygens (including phenoxy) is 4. The van der Waals surface area contributed by atoms with Crippen molar-refractivity contribution < 1.29 is 33.7 Å². The van der Waals surface area contributed by atoms with Gasteiger partial charge in [0, 0.05) is 5.56 Å². The van der Waals surface area contributed by atoms with Crippen LogP contribution in [-0.2, 0) is 11.3 Å². The average Bonchev–Trinajstić information content (AvgIpc) is 2.96. The molecule has 0 atom stereocenters. The lowest BCUT2D eigenvalue weighted by molar-refractivity contribution is -0.152. The van der Waals surface area contributed by atoms with Crippen LogP contribution in [0.15, 0.2) is 84.9 Å². The summed E-state index contributed by atoms with van der Waals surface area (Å²) in [5, 5.41) is 10.4. The van der Waals surface area contributed by atoms with E-state index in [1.165, 1.54) is 20.3 Å². The second kappa shape index (κ2) is 14.6. The van der Waals surface area contributed by atoms with E-state index in [-0.39, 0.29) is 6.54 Å². The van der Waals surface area contributed by atoms with E-state index < -0.39 is 0 Å². The molecule has 202 valence electrons. The second-order valence-corrected chi connectivity index (χ2v) is 8.61. The lowest BCUT2D eigenvalue weighted by Gasteiger charge is -2.15. The maximum absolute atomic E-state index is 10.7. The van der Waals surface area contributed by atoms with Gasteiger partial charge < -0.3 is 18.9 Å². The molecule has 0 bridgehead atoms. The molecule has 1 amide bonds. The third-order valence-electron chi connectivity index (χ3n) is 5.07. The summed E-state index contributed by atoms with van der Waals surface area (Å²) < 4.78 is 21.8. The SMILES string of the molecule is COc1cc(C=O)cc(Cl)c1Oc1ccccc1.COc1cc(CN(O)C=O)cc(Cl)c1Oc1ccccc1. The van der Waals surface area contributed by atoms with Gasteiger partial charge >= 0.3 is 0 Å². The standard InChI is InChI=1S/C15H14ClNO4.C14H11ClO3/c1-20-14-8-11(9-17(19)10-18)7-13(16)15(14)21-12-5-3-2-4-6-12;1-17-13-8-10(9-16)7-12(15)14(13)18-11-5-3-2-4-6-11/h2-8,10,19H,9H2,1H3;2-9H,1H3. The summed E-state index contributed by atoms with van der Waals surface area (Å²) in [6.07, 6.45) is 1.02. The number of aldehydes is 1. The first-order valence-electron chi connectivity index (χ1n) is 11.4. The Labute approximate surface area is 235 Å². The minimum atomic E-state index is 0.00516. The largest absolute Gasteiger partial charge is 0.493 e. The molecule has 4 aromatic carbocycles. The van der Waals surface area contributed by atoms with Crippen molar-refractivity contribution in [1.29, 1.82) is 0 Å². The molecule has 10 heteroatoms. The van der Waals surface area contributed by atoms with Gasteiger partial charge in [-0.1, -0.05) is 59.6 Å². The molecule has 8 nitrogen and oxygen atoms in total. The highest BCUT2D eigenvalue weighted by Crippen LogP contribution is 2.40. The molecule has 4 aromatic rings. The third kappa shape index (κ3) is 8.38. The molecule has 0 aliphatic rings. The number of carbonyl (C=O) groups is 2. The summed E-state index contributed by atoms with van der Waals surface area (Å²) in [7, 11) is 2.99. The Balaban J connectivity index is 0.000000218. The third-order valence-corrected chi connectivity index (χ3v) is 5.63. The van der Waals surface area contributed by atoms with Gasteiger partial charge in [-0.2, -0.15) is 0 Å². The van der Waals surface area contributed by atoms with E-state index in [1.54, 1.807) is 30.3 Å². The fourth-order valence-electron chi connectivity index (χ4n) is 3.31. The summed E-state index contributed by atoms with van der Waals surface area (Å²) in [5.41, 5.74) is 1.06. The Morgan fingerprint density at radius 2 is 1.23 bits per heavy atom. The van der Waals surface area contributed by atoms with E-state index in [0.717, 1.165) is 0 Å². The number of halogens is 2. The molecule has 0 heterocycles. The number of hydrogen-bond donors (Lipinski definition) is 1. The van der Waals surface area contributed by atoms with Crippen molar-refractivity contribution in [2.24, 2.45) is 0 Å². The Bertz CT molecular complexity index is 1390. The quantitative estimate of drug-likeness (QED) is 0.120. The van der Waals surface area contributed by atoms with Gasteiger partial charge in [-0.15, -0.1) is 0 Å². The molecule has 0 saturated heterocycles. The number of nitrogens with zero attached hydrogens (tertiary/aromatic N) is 1. The molecule has 0 unspecified atom stereocenters. The maximum Gasteiger partial charge on any atom is 0.233 e. The number of hydrogen-bond acceptors (Lipinski definition) is 7. The van der Waals surface area contributed by atoms with Crippen LogP contribution in [0.3, 0.4) is 0 Å². The molecule has 0 aliphatic heterocycles. The number of carbonyl (C=O) groups excluding carboxylic acids is 2. The minimum absolute atomic E-state index is 0.00516. The highest BCUT2D eigenvalue weighted by molar-refractivity contribution is 6.32. The maximum atomic E-state index is 10.7. The topological polar surface area (TPSA) is 94.5 Å². The molecule has 0 radical (unpaired) electrons. The molecule has 39 heavy (non-hydrogen) atoms. The van der Waals surface area contributed by atoms with Crippen LogP contribution in [0.2, 0.25) is 10.0 Å². The highest BCUT2D eigenvalue weighted by Gasteiger charge is 2.15. The molecule has 4 rings (SSSR count). The predicted molar refractivity (Wildman–Crippen MR) is 148 cm³/mol. The van der Waals surface area contributed by atoms with Crippen molar-refractivity contribution in [3.8, 4) is 34.5 Å². The van der Waals surface area contributed by atoms with Gasteiger partial charge in [-0.25, -0.2) is 5.06 Å². The van der Waals surface area contributed by atoms with Crippen LogP contribution in [0, 0.1) is 0 Å². The summed E-state index contributed by atoms with van der Waals surface area (Å²) >= 11 is 12.3. The lowest BCUT2D eigenvalue weighted by atomic mass is 10.2. The second-order valence-electron chi connectivity index (χ2n) is 7.79. The predicted octanol–water partition coefficient (Wildman–Crippen LogP) is 7.44. The van der Waals surface area contributed by atoms with Crippen molar-refractivity contribution in [1.82, 2.24) is 5.06 Å². The smallest absolute Gasteiger partial charge is 0.233 e. The van der Waals surface area contributed by atoms with Crippen LogP contribution in [0.4, 0.5) is 0 Å². The highest BCUT2D eigenvalue weighted by atomic mass is 35.5. The summed E-state index contributed by atoms with van der Waals surface area (Å²) in [6.45, 7) is 0.00516. The van der Waals surface area contributed by atoms with Crippen LogP contribution >= 0.6 is 23.2 Å². The number of para-hydroxylation sites is 2. The van der Waals surface area contributed by atoms with E-state index in [4.69, 9.17) is 42.1 Å². The molecular formula is C29H25Cl2NO7. The molecule has 0 fully saturated rings. The first-order valence-corrected chi connectivity index (χ1v) is 12.2. The van der Waals surface area contributed by atoms with Crippen molar-refractivity contribution in [3.05, 3.63) is 106 Å². The number of rotatable bonds is 10. The van der Waals surface area contributed by atoms with Gasteiger partial charge in [0.2, 0.25) is 6.41 Å². The van der Waals surface area contributed by atoms with Crippen LogP contribution in [0.5, 0.6) is 34.5 Å². The van der Waals surface area contributed by atoms with Gasteiger partial charge in [0.25, 0.3) is 0 Å². The minimum Gasteiger partial charge on any atom is -0.493 e. The normalized spacial score (nSPS) is 9.97. The number of amides is 1. The first kappa shape index (κ1) is 29.3. The van der Waals surface area contributed by atoms with Crippen molar-refractivity contribution >= 4 is 35.9 Å². The van der Waals surface area contributed by atoms with Crippen molar-refractivity contribution in [2.75, 3.05) is 14.2 Å². The summed E-state index contributed by atoms with van der Waals surface area (Å²) in [5.74, 6) is 2.90. The lowest BCUT2D eigenvalue weighted by Crippen LogP contribution is -2.15. The fraction of sp³-hybridized carbons (Fsp3) is 0.103. The zero-order valence-electron chi connectivity index (χ0n) is 21.0. The van der Waals surface area contributed by atoms with Gasteiger partial charge in [-0.3, -0.25) is 14.8 Å². The van der Waals surface area contributed by atoms with E-state index in [9.17, 15) is 14.8 Å². The Kier molecular flexibility index (Phi) is 11.0. The van der Waals surface area contributed by atoms with E-state index >= 15 is 0 Å². The van der Waals surface area contributed by atoms with Crippen molar-refractivity contribution in [2.45, 2.75) is 6.54 Å². The fourth-order valence-corrected chi connectivity index (χ4v) is 3.84. The number of benzene rings is 4. The van der Waals surface area contributed by atoms with Crippen LogP contribution in [-0.4, -0.2) is 37.2 Å². The number of hydroxylamine groups is 2. The average molecular weight is 570 g/mol. The molecule has 0 spiro atoms. The molecule has 0 aliphatic carbocycles. The summed E-state index contributed by atoms with van der Waals surface area (Å²) in [6, 6.07) is 24.8. The van der Waals surface area contributed by atoms with E-state index in [0.29, 0.717) is 73.4 Å². The zero-order valence-corrected chi connectivity index (χ0v) is 22.6. The Morgan fingerprint density at radius 1 is 0.744 bits per heavy atom. The monoisotopic (exact) mass is 569 g/mol.